The minimum Gasteiger partial charge on any atom is -0.456 e. The topological polar surface area (TPSA) is 68.5 Å². The molecule has 1 fully saturated rings. The van der Waals surface area contributed by atoms with Crippen LogP contribution in [-0.2, 0) is 4.79 Å². The number of rotatable bonds is 2. The first-order chi connectivity index (χ1) is 11.2. The van der Waals surface area contributed by atoms with Gasteiger partial charge in [0.05, 0.1) is 10.8 Å². The molecule has 2 aromatic carbocycles. The van der Waals surface area contributed by atoms with Gasteiger partial charge in [-0.05, 0) is 43.7 Å². The molecule has 0 bridgehead atoms. The van der Waals surface area contributed by atoms with E-state index in [9.17, 15) is 9.59 Å². The lowest BCUT2D eigenvalue weighted by molar-refractivity contribution is -0.136. The zero-order valence-corrected chi connectivity index (χ0v) is 12.4. The van der Waals surface area contributed by atoms with E-state index in [1.165, 1.54) is 0 Å². The van der Waals surface area contributed by atoms with Gasteiger partial charge in [-0.15, -0.1) is 0 Å². The van der Waals surface area contributed by atoms with Crippen LogP contribution in [0.4, 0.5) is 0 Å². The zero-order valence-electron chi connectivity index (χ0n) is 12.4. The standard InChI is InChI=1S/C18H15NO4/c20-17-12-4-1-2-6-15(12)23-16-10-11(7-8-13(16)17)22-18(21)14-5-3-9-19-14/h1-2,4,6-8,10,14,19H,3,5,9H2/t14-/m0/s1. The first-order valence-electron chi connectivity index (χ1n) is 7.63. The number of fused-ring (bicyclic) bond motifs is 2. The Kier molecular flexibility index (Phi) is 3.35. The third kappa shape index (κ3) is 2.49. The largest absolute Gasteiger partial charge is 0.456 e. The van der Waals surface area contributed by atoms with Crippen LogP contribution in [0.5, 0.6) is 5.75 Å². The van der Waals surface area contributed by atoms with Gasteiger partial charge in [-0.1, -0.05) is 12.1 Å². The molecule has 5 nitrogen and oxygen atoms in total. The van der Waals surface area contributed by atoms with Crippen LogP contribution in [0.3, 0.4) is 0 Å². The summed E-state index contributed by atoms with van der Waals surface area (Å²) >= 11 is 0. The molecule has 23 heavy (non-hydrogen) atoms. The van der Waals surface area contributed by atoms with Crippen molar-refractivity contribution in [2.24, 2.45) is 0 Å². The minimum atomic E-state index is -0.301. The van der Waals surface area contributed by atoms with Gasteiger partial charge in [0.15, 0.2) is 0 Å². The van der Waals surface area contributed by atoms with Gasteiger partial charge in [0.2, 0.25) is 5.43 Å². The second kappa shape index (κ2) is 5.52. The summed E-state index contributed by atoms with van der Waals surface area (Å²) in [6, 6.07) is 11.7. The Balaban J connectivity index is 1.74. The van der Waals surface area contributed by atoms with Crippen LogP contribution in [0, 0.1) is 0 Å². The summed E-state index contributed by atoms with van der Waals surface area (Å²) < 4.78 is 11.2. The van der Waals surface area contributed by atoms with Crippen LogP contribution in [0.1, 0.15) is 12.8 Å². The molecule has 0 amide bonds. The Bertz CT molecular complexity index is 954. The lowest BCUT2D eigenvalue weighted by atomic mass is 10.1. The molecule has 3 aromatic rings. The van der Waals surface area contributed by atoms with Crippen molar-refractivity contribution >= 4 is 27.9 Å². The Morgan fingerprint density at radius 1 is 1.13 bits per heavy atom. The van der Waals surface area contributed by atoms with Crippen LogP contribution < -0.4 is 15.5 Å². The van der Waals surface area contributed by atoms with E-state index < -0.39 is 0 Å². The van der Waals surface area contributed by atoms with E-state index in [2.05, 4.69) is 5.32 Å². The Morgan fingerprint density at radius 2 is 1.96 bits per heavy atom. The maximum atomic E-state index is 12.5. The fourth-order valence-electron chi connectivity index (χ4n) is 2.92. The first-order valence-corrected chi connectivity index (χ1v) is 7.63. The average molecular weight is 309 g/mol. The minimum absolute atomic E-state index is 0.0859. The van der Waals surface area contributed by atoms with Crippen molar-refractivity contribution in [1.82, 2.24) is 5.32 Å². The molecule has 0 unspecified atom stereocenters. The summed E-state index contributed by atoms with van der Waals surface area (Å²) in [4.78, 5) is 24.5. The zero-order chi connectivity index (χ0) is 15.8. The van der Waals surface area contributed by atoms with Crippen LogP contribution in [-0.4, -0.2) is 18.6 Å². The molecule has 5 heteroatoms. The van der Waals surface area contributed by atoms with Gasteiger partial charge in [0.1, 0.15) is 23.0 Å². The van der Waals surface area contributed by atoms with Gasteiger partial charge in [-0.2, -0.15) is 0 Å². The van der Waals surface area contributed by atoms with Crippen molar-refractivity contribution in [2.45, 2.75) is 18.9 Å². The maximum Gasteiger partial charge on any atom is 0.328 e. The Labute approximate surface area is 131 Å². The second-order valence-corrected chi connectivity index (χ2v) is 5.66. The van der Waals surface area contributed by atoms with Gasteiger partial charge in [0, 0.05) is 6.07 Å². The lowest BCUT2D eigenvalue weighted by Gasteiger charge is -2.10. The van der Waals surface area contributed by atoms with Crippen LogP contribution in [0.2, 0.25) is 0 Å². The Hall–Kier alpha value is -2.66. The normalized spacial score (nSPS) is 17.7. The monoisotopic (exact) mass is 309 g/mol. The van der Waals surface area contributed by atoms with Gasteiger partial charge < -0.3 is 14.5 Å². The third-order valence-corrected chi connectivity index (χ3v) is 4.11. The van der Waals surface area contributed by atoms with Gasteiger partial charge in [-0.25, -0.2) is 4.79 Å². The fraction of sp³-hybridized carbons (Fsp3) is 0.222. The number of nitrogens with one attached hydrogen (secondary N) is 1. The summed E-state index contributed by atoms with van der Waals surface area (Å²) in [7, 11) is 0. The molecule has 0 aliphatic carbocycles. The number of ether oxygens (including phenoxy) is 1. The summed E-state index contributed by atoms with van der Waals surface area (Å²) in [6.45, 7) is 0.832. The Morgan fingerprint density at radius 3 is 2.78 bits per heavy atom. The van der Waals surface area contributed by atoms with Crippen LogP contribution >= 0.6 is 0 Å². The molecule has 1 N–H and O–H groups in total. The van der Waals surface area contributed by atoms with E-state index in [-0.39, 0.29) is 17.4 Å². The van der Waals surface area contributed by atoms with Gasteiger partial charge >= 0.3 is 5.97 Å². The third-order valence-electron chi connectivity index (χ3n) is 4.11. The molecule has 116 valence electrons. The van der Waals surface area contributed by atoms with Crippen LogP contribution in [0.25, 0.3) is 21.9 Å². The molecular weight excluding hydrogens is 294 g/mol. The van der Waals surface area contributed by atoms with Crippen molar-refractivity contribution in [1.29, 1.82) is 0 Å². The van der Waals surface area contributed by atoms with Crippen molar-refractivity contribution in [3.63, 3.8) is 0 Å². The summed E-state index contributed by atoms with van der Waals surface area (Å²) in [5.74, 6) is 0.0830. The van der Waals surface area contributed by atoms with Crippen molar-refractivity contribution in [3.8, 4) is 5.75 Å². The molecule has 1 aliphatic heterocycles. The molecule has 1 aliphatic rings. The predicted molar refractivity (Wildman–Crippen MR) is 86.6 cm³/mol. The summed E-state index contributed by atoms with van der Waals surface area (Å²) in [5.41, 5.74) is 0.849. The fourth-order valence-corrected chi connectivity index (χ4v) is 2.92. The molecule has 1 atom stereocenters. The number of para-hydroxylation sites is 1. The van der Waals surface area contributed by atoms with E-state index in [1.54, 1.807) is 36.4 Å². The molecule has 4 rings (SSSR count). The molecular formula is C18H15NO4. The highest BCUT2D eigenvalue weighted by Crippen LogP contribution is 2.23. The highest BCUT2D eigenvalue weighted by molar-refractivity contribution is 5.90. The molecule has 0 saturated carbocycles. The molecule has 0 spiro atoms. The molecule has 1 aromatic heterocycles. The van der Waals surface area contributed by atoms with Crippen molar-refractivity contribution < 1.29 is 13.9 Å². The number of hydrogen-bond acceptors (Lipinski definition) is 5. The lowest BCUT2D eigenvalue weighted by Crippen LogP contribution is -2.34. The second-order valence-electron chi connectivity index (χ2n) is 5.66. The average Bonchev–Trinajstić information content (AvgIpc) is 3.09. The van der Waals surface area contributed by atoms with Crippen molar-refractivity contribution in [3.05, 3.63) is 52.7 Å². The highest BCUT2D eigenvalue weighted by atomic mass is 16.5. The van der Waals surface area contributed by atoms with E-state index >= 15 is 0 Å². The summed E-state index contributed by atoms with van der Waals surface area (Å²) in [5, 5.41) is 4.12. The molecule has 2 heterocycles. The van der Waals surface area contributed by atoms with E-state index in [0.717, 1.165) is 19.4 Å². The first kappa shape index (κ1) is 14.0. The SMILES string of the molecule is O=C(Oc1ccc2c(=O)c3ccccc3oc2c1)[C@@H]1CCCN1. The number of esters is 1. The predicted octanol–water partition coefficient (Wildman–Crippen LogP) is 2.60. The summed E-state index contributed by atoms with van der Waals surface area (Å²) in [6.07, 6.45) is 1.75. The van der Waals surface area contributed by atoms with E-state index in [1.807, 2.05) is 6.07 Å². The maximum absolute atomic E-state index is 12.5. The van der Waals surface area contributed by atoms with Crippen LogP contribution in [0.15, 0.2) is 51.7 Å². The smallest absolute Gasteiger partial charge is 0.328 e. The number of carbonyl (C=O) groups excluding carboxylic acids is 1. The van der Waals surface area contributed by atoms with Crippen molar-refractivity contribution in [2.75, 3.05) is 6.54 Å². The molecule has 1 saturated heterocycles. The molecule has 0 radical (unpaired) electrons. The number of benzene rings is 2. The number of carbonyl (C=O) groups is 1. The van der Waals surface area contributed by atoms with Gasteiger partial charge in [0.25, 0.3) is 0 Å². The highest BCUT2D eigenvalue weighted by Gasteiger charge is 2.24. The van der Waals surface area contributed by atoms with Gasteiger partial charge in [-0.3, -0.25) is 4.79 Å². The van der Waals surface area contributed by atoms with E-state index in [0.29, 0.717) is 27.7 Å². The quantitative estimate of drug-likeness (QED) is 0.448. The number of hydrogen-bond donors (Lipinski definition) is 1. The van der Waals surface area contributed by atoms with E-state index in [4.69, 9.17) is 9.15 Å².